The summed E-state index contributed by atoms with van der Waals surface area (Å²) in [6, 6.07) is 13.7. The number of hydrogen-bond donors (Lipinski definition) is 1. The lowest BCUT2D eigenvalue weighted by atomic mass is 9.94. The van der Waals surface area contributed by atoms with E-state index in [1.165, 1.54) is 17.0 Å². The molecule has 1 saturated heterocycles. The fraction of sp³-hybridized carbons (Fsp3) is 0.370. The summed E-state index contributed by atoms with van der Waals surface area (Å²) in [6.07, 6.45) is 0. The van der Waals surface area contributed by atoms with Crippen LogP contribution >= 0.6 is 0 Å². The molecule has 0 spiro atoms. The minimum Gasteiger partial charge on any atom is -0.463 e. The Morgan fingerprint density at radius 2 is 1.86 bits per heavy atom. The molecule has 2 aromatic carbocycles. The zero-order valence-electron chi connectivity index (χ0n) is 20.7. The summed E-state index contributed by atoms with van der Waals surface area (Å²) in [5.74, 6) is -1.03. The molecule has 2 heterocycles. The molecule has 36 heavy (non-hydrogen) atoms. The van der Waals surface area contributed by atoms with Gasteiger partial charge in [0, 0.05) is 50.5 Å². The highest BCUT2D eigenvalue weighted by Crippen LogP contribution is 2.32. The van der Waals surface area contributed by atoms with Gasteiger partial charge in [0.05, 0.1) is 18.2 Å². The van der Waals surface area contributed by atoms with E-state index in [0.29, 0.717) is 43.0 Å². The van der Waals surface area contributed by atoms with Crippen molar-refractivity contribution in [2.75, 3.05) is 39.8 Å². The van der Waals surface area contributed by atoms with Gasteiger partial charge >= 0.3 is 12.0 Å². The van der Waals surface area contributed by atoms with Crippen LogP contribution in [0, 0.1) is 5.82 Å². The Kier molecular flexibility index (Phi) is 7.69. The number of benzene rings is 2. The van der Waals surface area contributed by atoms with Crippen LogP contribution in [-0.2, 0) is 9.53 Å². The summed E-state index contributed by atoms with van der Waals surface area (Å²) >= 11 is 0. The van der Waals surface area contributed by atoms with Crippen molar-refractivity contribution in [1.29, 1.82) is 0 Å². The molecule has 0 aliphatic carbocycles. The van der Waals surface area contributed by atoms with E-state index in [4.69, 9.17) is 4.74 Å². The van der Waals surface area contributed by atoms with E-state index >= 15 is 0 Å². The number of ether oxygens (including phenoxy) is 1. The van der Waals surface area contributed by atoms with Crippen LogP contribution < -0.4 is 5.32 Å². The lowest BCUT2D eigenvalue weighted by molar-refractivity contribution is -0.139. The van der Waals surface area contributed by atoms with Gasteiger partial charge in [-0.05, 0) is 43.7 Å². The lowest BCUT2D eigenvalue weighted by Gasteiger charge is -2.42. The van der Waals surface area contributed by atoms with Crippen molar-refractivity contribution in [2.45, 2.75) is 25.9 Å². The average molecular weight is 495 g/mol. The molecule has 2 aromatic rings. The van der Waals surface area contributed by atoms with E-state index < -0.39 is 23.9 Å². The normalized spacial score (nSPS) is 20.8. The number of carbonyl (C=O) groups is 3. The van der Waals surface area contributed by atoms with E-state index in [9.17, 15) is 18.8 Å². The first-order valence-electron chi connectivity index (χ1n) is 12.1. The van der Waals surface area contributed by atoms with Crippen molar-refractivity contribution in [3.8, 4) is 0 Å². The van der Waals surface area contributed by atoms with Crippen molar-refractivity contribution < 1.29 is 23.5 Å². The smallest absolute Gasteiger partial charge is 0.338 e. The Bertz CT molecular complexity index is 1170. The number of esters is 1. The molecule has 2 aliphatic rings. The number of halogens is 1. The van der Waals surface area contributed by atoms with Gasteiger partial charge in [0.15, 0.2) is 0 Å². The molecular formula is C27H31FN4O4. The summed E-state index contributed by atoms with van der Waals surface area (Å²) in [7, 11) is 1.60. The number of hydrogen-bond acceptors (Lipinski definition) is 5. The van der Waals surface area contributed by atoms with Gasteiger partial charge in [-0.3, -0.25) is 14.6 Å². The molecule has 0 bridgehead atoms. The van der Waals surface area contributed by atoms with E-state index in [1.807, 2.05) is 30.0 Å². The molecule has 0 unspecified atom stereocenters. The first kappa shape index (κ1) is 25.4. The van der Waals surface area contributed by atoms with Crippen molar-refractivity contribution in [2.24, 2.45) is 0 Å². The monoisotopic (exact) mass is 494 g/mol. The van der Waals surface area contributed by atoms with Gasteiger partial charge in [0.1, 0.15) is 5.82 Å². The number of urea groups is 1. The molecule has 8 nitrogen and oxygen atoms in total. The topological polar surface area (TPSA) is 82.2 Å². The quantitative estimate of drug-likeness (QED) is 0.624. The van der Waals surface area contributed by atoms with Crippen LogP contribution in [0.2, 0.25) is 0 Å². The maximum atomic E-state index is 14.0. The Morgan fingerprint density at radius 1 is 1.11 bits per heavy atom. The largest absolute Gasteiger partial charge is 0.463 e. The number of carbonyl (C=O) groups excluding carboxylic acids is 3. The summed E-state index contributed by atoms with van der Waals surface area (Å²) in [5, 5.41) is 2.81. The van der Waals surface area contributed by atoms with Crippen LogP contribution in [0.5, 0.6) is 0 Å². The van der Waals surface area contributed by atoms with E-state index in [2.05, 4.69) is 10.2 Å². The summed E-state index contributed by atoms with van der Waals surface area (Å²) in [5.41, 5.74) is 1.89. The van der Waals surface area contributed by atoms with E-state index in [1.54, 1.807) is 38.2 Å². The number of nitrogens with one attached hydrogen (secondary N) is 1. The first-order valence-corrected chi connectivity index (χ1v) is 12.1. The third-order valence-corrected chi connectivity index (χ3v) is 6.62. The van der Waals surface area contributed by atoms with E-state index in [-0.39, 0.29) is 24.1 Å². The Balaban J connectivity index is 1.61. The molecule has 190 valence electrons. The van der Waals surface area contributed by atoms with Crippen molar-refractivity contribution >= 4 is 17.9 Å². The molecule has 2 aliphatic heterocycles. The highest BCUT2D eigenvalue weighted by molar-refractivity contribution is 5.95. The van der Waals surface area contributed by atoms with Crippen molar-refractivity contribution in [1.82, 2.24) is 20.0 Å². The third kappa shape index (κ3) is 5.26. The second-order valence-corrected chi connectivity index (χ2v) is 9.03. The lowest BCUT2D eigenvalue weighted by Crippen LogP contribution is -2.56. The second-order valence-electron chi connectivity index (χ2n) is 9.03. The number of piperazine rings is 1. The zero-order chi connectivity index (χ0) is 25.8. The Morgan fingerprint density at radius 3 is 2.53 bits per heavy atom. The molecule has 2 atom stereocenters. The van der Waals surface area contributed by atoms with Gasteiger partial charge in [-0.15, -0.1) is 0 Å². The number of likely N-dealkylation sites (N-methyl/N-ethyl adjacent to an activating group) is 1. The molecule has 9 heteroatoms. The SMILES string of the molecule is CCOC(=O)C1=C(CN2CCN(C(=O)c3ccccc3)[C@H](C)C2)N(C)C(=O)N[C@@H]1c1cccc(F)c1. The molecule has 1 fully saturated rings. The molecule has 0 radical (unpaired) electrons. The number of amides is 3. The van der Waals surface area contributed by atoms with E-state index in [0.717, 1.165) is 0 Å². The van der Waals surface area contributed by atoms with Gasteiger partial charge in [-0.25, -0.2) is 14.0 Å². The Hall–Kier alpha value is -3.72. The standard InChI is InChI=1S/C27H31FN4O4/c1-4-36-26(34)23-22(30(3)27(35)29-24(23)20-11-8-12-21(28)15-20)17-31-13-14-32(18(2)16-31)25(33)19-9-6-5-7-10-19/h5-12,15,18,24H,4,13-14,16-17H2,1-3H3,(H,29,35)/t18-,24-/m1/s1. The predicted octanol–water partition coefficient (Wildman–Crippen LogP) is 3.19. The molecule has 3 amide bonds. The fourth-order valence-electron chi connectivity index (χ4n) is 4.77. The van der Waals surface area contributed by atoms with Crippen LogP contribution in [0.1, 0.15) is 35.8 Å². The summed E-state index contributed by atoms with van der Waals surface area (Å²) in [6.45, 7) is 5.83. The first-order chi connectivity index (χ1) is 17.3. The van der Waals surface area contributed by atoms with Crippen LogP contribution in [0.3, 0.4) is 0 Å². The van der Waals surface area contributed by atoms with Crippen LogP contribution in [0.4, 0.5) is 9.18 Å². The highest BCUT2D eigenvalue weighted by atomic mass is 19.1. The molecule has 0 saturated carbocycles. The number of rotatable bonds is 6. The Labute approximate surface area is 210 Å². The van der Waals surface area contributed by atoms with Crippen LogP contribution in [-0.4, -0.2) is 78.5 Å². The highest BCUT2D eigenvalue weighted by Gasteiger charge is 2.38. The maximum absolute atomic E-state index is 14.0. The van der Waals surface area contributed by atoms with Crippen molar-refractivity contribution in [3.63, 3.8) is 0 Å². The average Bonchev–Trinajstić information content (AvgIpc) is 2.87. The summed E-state index contributed by atoms with van der Waals surface area (Å²) < 4.78 is 19.4. The molecule has 0 aromatic heterocycles. The van der Waals surface area contributed by atoms with Gasteiger partial charge < -0.3 is 15.0 Å². The van der Waals surface area contributed by atoms with Gasteiger partial charge in [-0.2, -0.15) is 0 Å². The fourth-order valence-corrected chi connectivity index (χ4v) is 4.77. The molecule has 1 N–H and O–H groups in total. The third-order valence-electron chi connectivity index (χ3n) is 6.62. The van der Waals surface area contributed by atoms with Crippen LogP contribution in [0.15, 0.2) is 65.9 Å². The minimum absolute atomic E-state index is 0.0190. The van der Waals surface area contributed by atoms with Gasteiger partial charge in [0.2, 0.25) is 0 Å². The van der Waals surface area contributed by atoms with Gasteiger partial charge in [0.25, 0.3) is 5.91 Å². The minimum atomic E-state index is -0.836. The maximum Gasteiger partial charge on any atom is 0.338 e. The second kappa shape index (κ2) is 10.9. The van der Waals surface area contributed by atoms with Gasteiger partial charge in [-0.1, -0.05) is 30.3 Å². The predicted molar refractivity (Wildman–Crippen MR) is 132 cm³/mol. The molecule has 4 rings (SSSR count). The molecular weight excluding hydrogens is 463 g/mol. The van der Waals surface area contributed by atoms with Crippen molar-refractivity contribution in [3.05, 3.63) is 82.8 Å². The zero-order valence-corrected chi connectivity index (χ0v) is 20.7. The summed E-state index contributed by atoms with van der Waals surface area (Å²) in [4.78, 5) is 44.3. The number of nitrogens with zero attached hydrogens (tertiary/aromatic N) is 3. The van der Waals surface area contributed by atoms with Crippen LogP contribution in [0.25, 0.3) is 0 Å².